The van der Waals surface area contributed by atoms with Crippen LogP contribution in [0.3, 0.4) is 0 Å². The molecule has 0 spiro atoms. The van der Waals surface area contributed by atoms with E-state index >= 15 is 0 Å². The van der Waals surface area contributed by atoms with E-state index in [1.54, 1.807) is 11.3 Å². The quantitative estimate of drug-likeness (QED) is 0.182. The Morgan fingerprint density at radius 1 is 0.509 bits per heavy atom. The molecule has 3 nitrogen and oxygen atoms in total. The molecule has 0 aliphatic heterocycles. The molecule has 0 fully saturated rings. The van der Waals surface area contributed by atoms with Crippen molar-refractivity contribution in [3.63, 3.8) is 0 Å². The first kappa shape index (κ1) is 30.8. The van der Waals surface area contributed by atoms with Crippen molar-refractivity contribution in [2.24, 2.45) is 0 Å². The van der Waals surface area contributed by atoms with Crippen LogP contribution in [0.25, 0.3) is 103 Å². The summed E-state index contributed by atoms with van der Waals surface area (Å²) in [5.41, 5.74) is 13.0. The van der Waals surface area contributed by atoms with E-state index in [-0.39, 0.29) is 5.41 Å². The van der Waals surface area contributed by atoms with E-state index in [0.717, 1.165) is 38.5 Å². The van der Waals surface area contributed by atoms with Crippen molar-refractivity contribution < 1.29 is 0 Å². The number of aromatic nitrogens is 3. The smallest absolute Gasteiger partial charge is 0.160 e. The van der Waals surface area contributed by atoms with Crippen LogP contribution < -0.4 is 0 Å². The fourth-order valence-corrected chi connectivity index (χ4v) is 10.6. The Morgan fingerprint density at radius 3 is 2.05 bits per heavy atom. The maximum atomic E-state index is 5.37. The number of rotatable bonds is 3. The number of para-hydroxylation sites is 1. The Balaban J connectivity index is 1.13. The maximum Gasteiger partial charge on any atom is 0.160 e. The molecule has 1 aliphatic carbocycles. The maximum absolute atomic E-state index is 5.37. The Morgan fingerprint density at radius 2 is 1.20 bits per heavy atom. The van der Waals surface area contributed by atoms with Gasteiger partial charge in [-0.1, -0.05) is 147 Å². The molecule has 4 heteroatoms. The molecule has 0 bridgehead atoms. The predicted molar refractivity (Wildman–Crippen MR) is 233 cm³/mol. The van der Waals surface area contributed by atoms with E-state index in [1.165, 1.54) is 75.7 Å². The van der Waals surface area contributed by atoms with Gasteiger partial charge in [-0.2, -0.15) is 0 Å². The molecule has 55 heavy (non-hydrogen) atoms. The van der Waals surface area contributed by atoms with Crippen molar-refractivity contribution in [2.45, 2.75) is 19.3 Å². The monoisotopic (exact) mass is 719 g/mol. The Hall–Kier alpha value is -6.62. The van der Waals surface area contributed by atoms with Crippen LogP contribution >= 0.6 is 11.3 Å². The third kappa shape index (κ3) is 4.26. The van der Waals surface area contributed by atoms with Crippen LogP contribution in [0.2, 0.25) is 0 Å². The number of benzene rings is 8. The highest BCUT2D eigenvalue weighted by Gasteiger charge is 2.38. The van der Waals surface area contributed by atoms with Gasteiger partial charge in [0, 0.05) is 42.8 Å². The zero-order chi connectivity index (χ0) is 36.4. The van der Waals surface area contributed by atoms with Crippen LogP contribution in [0.1, 0.15) is 25.0 Å². The standard InChI is InChI=1S/C51H33N3S/c1-51(2)41-29-44-40(28-39(41)36-25-24-30-14-6-7-17-32(30)46(36)51)35-20-10-12-22-42(35)54(44)43-27-26-37(33-18-8-9-19-34(33)43)47-49-48(38-21-11-13-23-45(38)55-49)53-50(52-47)31-15-4-3-5-16-31/h3-29H,1-2H3. The minimum atomic E-state index is -0.161. The summed E-state index contributed by atoms with van der Waals surface area (Å²) in [7, 11) is 0. The summed E-state index contributed by atoms with van der Waals surface area (Å²) in [4.78, 5) is 10.6. The predicted octanol–water partition coefficient (Wildman–Crippen LogP) is 13.9. The highest BCUT2D eigenvalue weighted by atomic mass is 32.1. The van der Waals surface area contributed by atoms with Gasteiger partial charge >= 0.3 is 0 Å². The van der Waals surface area contributed by atoms with Crippen molar-refractivity contribution in [2.75, 3.05) is 0 Å². The minimum Gasteiger partial charge on any atom is -0.309 e. The lowest BCUT2D eigenvalue weighted by molar-refractivity contribution is 0.667. The molecule has 3 aromatic heterocycles. The molecule has 0 saturated heterocycles. The topological polar surface area (TPSA) is 30.7 Å². The Labute approximate surface area is 321 Å². The lowest BCUT2D eigenvalue weighted by Gasteiger charge is -2.23. The molecule has 8 aromatic carbocycles. The molecule has 0 N–H and O–H groups in total. The van der Waals surface area contributed by atoms with Crippen LogP contribution in [-0.4, -0.2) is 14.5 Å². The summed E-state index contributed by atoms with van der Waals surface area (Å²) in [6.45, 7) is 4.79. The van der Waals surface area contributed by atoms with Gasteiger partial charge in [0.15, 0.2) is 5.82 Å². The van der Waals surface area contributed by atoms with Crippen molar-refractivity contribution in [1.82, 2.24) is 14.5 Å². The van der Waals surface area contributed by atoms with Gasteiger partial charge in [0.25, 0.3) is 0 Å². The normalized spacial score (nSPS) is 13.4. The summed E-state index contributed by atoms with van der Waals surface area (Å²) in [5.74, 6) is 0.743. The van der Waals surface area contributed by atoms with Gasteiger partial charge in [-0.15, -0.1) is 11.3 Å². The van der Waals surface area contributed by atoms with Gasteiger partial charge in [0.05, 0.1) is 32.6 Å². The van der Waals surface area contributed by atoms with Crippen molar-refractivity contribution in [1.29, 1.82) is 0 Å². The van der Waals surface area contributed by atoms with Crippen molar-refractivity contribution in [3.8, 4) is 39.5 Å². The molecule has 3 heterocycles. The first-order valence-corrected chi connectivity index (χ1v) is 19.7. The van der Waals surface area contributed by atoms with Crippen molar-refractivity contribution in [3.05, 3.63) is 175 Å². The lowest BCUT2D eigenvalue weighted by atomic mass is 9.80. The summed E-state index contributed by atoms with van der Waals surface area (Å²) < 4.78 is 4.83. The zero-order valence-electron chi connectivity index (χ0n) is 30.3. The van der Waals surface area contributed by atoms with Crippen molar-refractivity contribution >= 4 is 75.0 Å². The first-order valence-electron chi connectivity index (χ1n) is 18.9. The second kappa shape index (κ2) is 11.2. The van der Waals surface area contributed by atoms with Gasteiger partial charge < -0.3 is 4.57 Å². The summed E-state index contributed by atoms with van der Waals surface area (Å²) >= 11 is 1.78. The van der Waals surface area contributed by atoms with E-state index in [0.29, 0.717) is 0 Å². The molecule has 0 radical (unpaired) electrons. The van der Waals surface area contributed by atoms with E-state index in [1.807, 2.05) is 6.07 Å². The summed E-state index contributed by atoms with van der Waals surface area (Å²) in [5, 5.41) is 8.69. The van der Waals surface area contributed by atoms with Crippen LogP contribution in [0.4, 0.5) is 0 Å². The first-order chi connectivity index (χ1) is 27.0. The highest BCUT2D eigenvalue weighted by Crippen LogP contribution is 2.53. The van der Waals surface area contributed by atoms with Crippen LogP contribution in [0.15, 0.2) is 164 Å². The summed E-state index contributed by atoms with van der Waals surface area (Å²) in [6, 6.07) is 59.7. The molecule has 1 aliphatic rings. The van der Waals surface area contributed by atoms with Gasteiger partial charge in [0.1, 0.15) is 0 Å². The minimum absolute atomic E-state index is 0.161. The van der Waals surface area contributed by atoms with E-state index in [4.69, 9.17) is 9.97 Å². The van der Waals surface area contributed by atoms with Crippen LogP contribution in [0, 0.1) is 0 Å². The number of thiophene rings is 1. The molecular formula is C51H33N3S. The highest BCUT2D eigenvalue weighted by molar-refractivity contribution is 7.26. The molecule has 0 unspecified atom stereocenters. The number of nitrogens with zero attached hydrogens (tertiary/aromatic N) is 3. The van der Waals surface area contributed by atoms with Crippen LogP contribution in [0.5, 0.6) is 0 Å². The largest absolute Gasteiger partial charge is 0.309 e. The second-order valence-electron chi connectivity index (χ2n) is 15.3. The SMILES string of the molecule is CC1(C)c2cc3c(cc2-c2ccc4ccccc4c21)c1ccccc1n3-c1ccc(-c2nc(-c3ccccc3)nc3c2sc2ccccc23)c2ccccc12. The number of hydrogen-bond acceptors (Lipinski definition) is 3. The molecule has 12 rings (SSSR count). The Bertz CT molecular complexity index is 3400. The molecule has 0 atom stereocenters. The second-order valence-corrected chi connectivity index (χ2v) is 16.4. The zero-order valence-corrected chi connectivity index (χ0v) is 31.2. The molecule has 0 amide bonds. The van der Waals surface area contributed by atoms with E-state index < -0.39 is 0 Å². The fraction of sp³-hybridized carbons (Fsp3) is 0.0588. The summed E-state index contributed by atoms with van der Waals surface area (Å²) in [6.07, 6.45) is 0. The third-order valence-electron chi connectivity index (χ3n) is 12.0. The van der Waals surface area contributed by atoms with Gasteiger partial charge in [-0.25, -0.2) is 9.97 Å². The van der Waals surface area contributed by atoms with Crippen LogP contribution in [-0.2, 0) is 5.41 Å². The average molecular weight is 720 g/mol. The number of fused-ring (bicyclic) bond motifs is 12. The van der Waals surface area contributed by atoms with E-state index in [2.05, 4.69) is 176 Å². The molecular weight excluding hydrogens is 687 g/mol. The molecule has 0 saturated carbocycles. The third-order valence-corrected chi connectivity index (χ3v) is 13.1. The van der Waals surface area contributed by atoms with Gasteiger partial charge in [-0.3, -0.25) is 0 Å². The Kier molecular flexibility index (Phi) is 6.27. The number of hydrogen-bond donors (Lipinski definition) is 0. The average Bonchev–Trinajstić information content (AvgIpc) is 3.85. The lowest BCUT2D eigenvalue weighted by Crippen LogP contribution is -2.15. The molecule has 258 valence electrons. The van der Waals surface area contributed by atoms with Gasteiger partial charge in [-0.05, 0) is 68.7 Å². The molecule has 11 aromatic rings. The van der Waals surface area contributed by atoms with E-state index in [9.17, 15) is 0 Å². The fourth-order valence-electron chi connectivity index (χ4n) is 9.49. The van der Waals surface area contributed by atoms with Gasteiger partial charge in [0.2, 0.25) is 0 Å².